The van der Waals surface area contributed by atoms with Crippen molar-refractivity contribution in [1.29, 1.82) is 0 Å². The van der Waals surface area contributed by atoms with Crippen LogP contribution in [0.25, 0.3) is 0 Å². The normalized spacial score (nSPS) is 13.7. The molecule has 0 aliphatic heterocycles. The summed E-state index contributed by atoms with van der Waals surface area (Å²) in [6.07, 6.45) is 57.3. The molecule has 2 unspecified atom stereocenters. The number of carbonyl (C=O) groups is 2. The van der Waals surface area contributed by atoms with E-state index in [2.05, 4.69) is 79.9 Å². The molecule has 0 saturated heterocycles. The minimum Gasteiger partial charge on any atom is -0.463 e. The summed E-state index contributed by atoms with van der Waals surface area (Å²) in [5.74, 6) is -0.532. The van der Waals surface area contributed by atoms with Crippen molar-refractivity contribution in [2.75, 3.05) is 26.4 Å². The highest BCUT2D eigenvalue weighted by atomic mass is 31.2. The number of nitrogens with one attached hydrogen (secondary N) is 1. The smallest absolute Gasteiger partial charge is 0.463 e. The summed E-state index contributed by atoms with van der Waals surface area (Å²) in [4.78, 5) is 34.0. The van der Waals surface area contributed by atoms with Crippen LogP contribution in [-0.4, -0.2) is 54.3 Å². The third kappa shape index (κ3) is 48.6. The molecule has 10 heteroatoms. The summed E-state index contributed by atoms with van der Waals surface area (Å²) in [6, 6.07) is 0. The maximum absolute atomic E-state index is 12.1. The molecule has 1 amide bonds. The van der Waals surface area contributed by atoms with Gasteiger partial charge in [0.25, 0.3) is 0 Å². The zero-order valence-corrected chi connectivity index (χ0v) is 40.0. The predicted molar refractivity (Wildman–Crippen MR) is 256 cm³/mol. The number of aliphatic hydroxyl groups excluding tert-OH is 1. The van der Waals surface area contributed by atoms with Crippen molar-refractivity contribution in [3.8, 4) is 0 Å². The SMILES string of the molecule is CC/C=C\C/C=C\C/C=C\C/C=C\C/C=C\CCCCCCCC(=O)OCC(O)COP(=O)(O)OCCNC(=O)CCCCCCCCCCCCCCCCCCCCC. The summed E-state index contributed by atoms with van der Waals surface area (Å²) in [5, 5.41) is 12.7. The molecule has 9 nitrogen and oxygen atoms in total. The van der Waals surface area contributed by atoms with E-state index in [4.69, 9.17) is 13.8 Å². The summed E-state index contributed by atoms with van der Waals surface area (Å²) in [7, 11) is -4.43. The second-order valence-electron chi connectivity index (χ2n) is 16.4. The van der Waals surface area contributed by atoms with Gasteiger partial charge in [-0.25, -0.2) is 4.57 Å². The number of esters is 1. The molecule has 0 fully saturated rings. The minimum absolute atomic E-state index is 0.0797. The molecule has 0 aromatic heterocycles. The first-order valence-electron chi connectivity index (χ1n) is 24.8. The Kier molecular flexibility index (Phi) is 45.4. The van der Waals surface area contributed by atoms with Crippen LogP contribution >= 0.6 is 7.82 Å². The van der Waals surface area contributed by atoms with Gasteiger partial charge in [-0.15, -0.1) is 0 Å². The number of hydrogen-bond donors (Lipinski definition) is 3. The van der Waals surface area contributed by atoms with Gasteiger partial charge in [-0.1, -0.05) is 209 Å². The van der Waals surface area contributed by atoms with Crippen molar-refractivity contribution in [2.24, 2.45) is 0 Å². The molecule has 0 radical (unpaired) electrons. The first-order valence-corrected chi connectivity index (χ1v) is 26.3. The molecule has 0 aromatic rings. The third-order valence-corrected chi connectivity index (χ3v) is 11.4. The fraction of sp³-hybridized carbons (Fsp3) is 0.765. The summed E-state index contributed by atoms with van der Waals surface area (Å²) in [5.41, 5.74) is 0. The third-order valence-electron chi connectivity index (χ3n) is 10.5. The Bertz CT molecular complexity index is 1180. The van der Waals surface area contributed by atoms with E-state index in [1.54, 1.807) is 0 Å². The van der Waals surface area contributed by atoms with Gasteiger partial charge >= 0.3 is 13.8 Å². The molecule has 354 valence electrons. The number of rotatable bonds is 46. The van der Waals surface area contributed by atoms with E-state index in [0.29, 0.717) is 12.8 Å². The number of hydrogen-bond acceptors (Lipinski definition) is 7. The average Bonchev–Trinajstić information content (AvgIpc) is 3.25. The molecule has 3 N–H and O–H groups in total. The average molecular weight is 878 g/mol. The fourth-order valence-corrected chi connectivity index (χ4v) is 7.52. The zero-order valence-electron chi connectivity index (χ0n) is 39.1. The molecule has 0 rings (SSSR count). The molecule has 0 bridgehead atoms. The Morgan fingerprint density at radius 3 is 1.41 bits per heavy atom. The highest BCUT2D eigenvalue weighted by Crippen LogP contribution is 2.42. The largest absolute Gasteiger partial charge is 0.472 e. The van der Waals surface area contributed by atoms with Crippen LogP contribution < -0.4 is 5.32 Å². The van der Waals surface area contributed by atoms with Crippen LogP contribution in [0.3, 0.4) is 0 Å². The lowest BCUT2D eigenvalue weighted by Crippen LogP contribution is -2.27. The lowest BCUT2D eigenvalue weighted by Gasteiger charge is -2.15. The molecule has 0 saturated carbocycles. The monoisotopic (exact) mass is 878 g/mol. The predicted octanol–water partition coefficient (Wildman–Crippen LogP) is 14.4. The Balaban J connectivity index is 3.60. The first-order chi connectivity index (χ1) is 29.8. The second-order valence-corrected chi connectivity index (χ2v) is 17.9. The zero-order chi connectivity index (χ0) is 44.6. The lowest BCUT2D eigenvalue weighted by molar-refractivity contribution is -0.147. The number of allylic oxidation sites excluding steroid dienone is 10. The molecule has 0 spiro atoms. The van der Waals surface area contributed by atoms with Crippen LogP contribution in [-0.2, 0) is 27.9 Å². The Morgan fingerprint density at radius 2 is 0.934 bits per heavy atom. The molecule has 2 atom stereocenters. The maximum atomic E-state index is 12.1. The molecular formula is C51H92NO8P. The van der Waals surface area contributed by atoms with E-state index in [0.717, 1.165) is 83.5 Å². The van der Waals surface area contributed by atoms with Gasteiger partial charge in [-0.2, -0.15) is 0 Å². The minimum atomic E-state index is -4.43. The molecule has 61 heavy (non-hydrogen) atoms. The van der Waals surface area contributed by atoms with Gasteiger partial charge in [0.2, 0.25) is 5.91 Å². The molecule has 0 aromatic carbocycles. The van der Waals surface area contributed by atoms with E-state index in [1.165, 1.54) is 103 Å². The van der Waals surface area contributed by atoms with Crippen LogP contribution in [0.2, 0.25) is 0 Å². The molecule has 0 aliphatic carbocycles. The van der Waals surface area contributed by atoms with Crippen molar-refractivity contribution >= 4 is 19.7 Å². The van der Waals surface area contributed by atoms with Crippen LogP contribution in [0.1, 0.15) is 219 Å². The van der Waals surface area contributed by atoms with Gasteiger partial charge < -0.3 is 20.1 Å². The van der Waals surface area contributed by atoms with Gasteiger partial charge in [0.05, 0.1) is 13.2 Å². The van der Waals surface area contributed by atoms with Crippen molar-refractivity contribution in [1.82, 2.24) is 5.32 Å². The van der Waals surface area contributed by atoms with Crippen LogP contribution in [0.5, 0.6) is 0 Å². The van der Waals surface area contributed by atoms with Gasteiger partial charge in [0.1, 0.15) is 12.7 Å². The van der Waals surface area contributed by atoms with Crippen molar-refractivity contribution in [2.45, 2.75) is 225 Å². The van der Waals surface area contributed by atoms with E-state index in [-0.39, 0.29) is 32.1 Å². The van der Waals surface area contributed by atoms with Crippen LogP contribution in [0, 0.1) is 0 Å². The Hall–Kier alpha value is -2.29. The lowest BCUT2D eigenvalue weighted by atomic mass is 10.0. The number of amides is 1. The van der Waals surface area contributed by atoms with Crippen LogP contribution in [0.15, 0.2) is 60.8 Å². The molecule has 0 heterocycles. The number of phosphoric acid groups is 1. The van der Waals surface area contributed by atoms with E-state index < -0.39 is 26.5 Å². The number of ether oxygens (including phenoxy) is 1. The maximum Gasteiger partial charge on any atom is 0.472 e. The Labute approximate surface area is 374 Å². The first kappa shape index (κ1) is 58.7. The van der Waals surface area contributed by atoms with Crippen molar-refractivity contribution in [3.05, 3.63) is 60.8 Å². The van der Waals surface area contributed by atoms with E-state index in [9.17, 15) is 24.2 Å². The fourth-order valence-electron chi connectivity index (χ4n) is 6.76. The highest BCUT2D eigenvalue weighted by Gasteiger charge is 2.23. The topological polar surface area (TPSA) is 131 Å². The van der Waals surface area contributed by atoms with Crippen molar-refractivity contribution < 1.29 is 37.9 Å². The number of phosphoric ester groups is 1. The number of unbranched alkanes of at least 4 members (excludes halogenated alkanes) is 23. The number of aliphatic hydroxyl groups is 1. The highest BCUT2D eigenvalue weighted by molar-refractivity contribution is 7.47. The molecule has 0 aliphatic rings. The van der Waals surface area contributed by atoms with Crippen molar-refractivity contribution in [3.63, 3.8) is 0 Å². The summed E-state index contributed by atoms with van der Waals surface area (Å²) in [6.45, 7) is 3.44. The summed E-state index contributed by atoms with van der Waals surface area (Å²) < 4.78 is 27.0. The standard InChI is InChI=1S/C51H92NO8P/c1-3-5-7-9-11-13-15-17-19-21-23-24-26-28-30-32-34-36-38-40-42-44-51(55)58-47-49(53)48-60-61(56,57)59-46-45-52-50(54)43-41-39-37-35-33-31-29-27-25-22-20-18-16-14-12-10-8-6-4-2/h5,7,11,13,17,19,23-24,28,30,49,53H,3-4,6,8-10,12,14-16,18,20-22,25-27,29,31-48H2,1-2H3,(H,52,54)(H,56,57)/b7-5-,13-11-,19-17-,24-23-,30-28-. The summed E-state index contributed by atoms with van der Waals surface area (Å²) >= 11 is 0. The van der Waals surface area contributed by atoms with E-state index >= 15 is 0 Å². The van der Waals surface area contributed by atoms with Gasteiger partial charge in [0, 0.05) is 19.4 Å². The molecular weight excluding hydrogens is 786 g/mol. The van der Waals surface area contributed by atoms with Gasteiger partial charge in [0.15, 0.2) is 0 Å². The quantitative estimate of drug-likeness (QED) is 0.0238. The second kappa shape index (κ2) is 47.2. The number of carbonyl (C=O) groups excluding carboxylic acids is 2. The Morgan fingerprint density at radius 1 is 0.525 bits per heavy atom. The van der Waals surface area contributed by atoms with Gasteiger partial charge in [-0.05, 0) is 57.8 Å². The van der Waals surface area contributed by atoms with Gasteiger partial charge in [-0.3, -0.25) is 18.6 Å². The van der Waals surface area contributed by atoms with E-state index in [1.807, 2.05) is 0 Å². The van der Waals surface area contributed by atoms with Crippen LogP contribution in [0.4, 0.5) is 0 Å².